The molecule has 0 atom stereocenters. The topological polar surface area (TPSA) is 97.5 Å². The summed E-state index contributed by atoms with van der Waals surface area (Å²) >= 11 is 0. The van der Waals surface area contributed by atoms with Crippen molar-refractivity contribution in [2.45, 2.75) is 26.4 Å². The quantitative estimate of drug-likeness (QED) is 0.811. The summed E-state index contributed by atoms with van der Waals surface area (Å²) in [5.74, 6) is 1.23. The highest BCUT2D eigenvalue weighted by Gasteiger charge is 2.33. The molecule has 0 unspecified atom stereocenters. The van der Waals surface area contributed by atoms with Crippen molar-refractivity contribution in [3.63, 3.8) is 0 Å². The van der Waals surface area contributed by atoms with Crippen molar-refractivity contribution in [2.75, 3.05) is 13.1 Å². The average molecular weight is 362 g/mol. The molecule has 7 nitrogen and oxygen atoms in total. The lowest BCUT2D eigenvalue weighted by atomic mass is 10.1. The first-order chi connectivity index (χ1) is 11.8. The van der Waals surface area contributed by atoms with Crippen LogP contribution in [0.15, 0.2) is 36.5 Å². The zero-order valence-corrected chi connectivity index (χ0v) is 15.1. The molecule has 1 aliphatic rings. The van der Waals surface area contributed by atoms with Gasteiger partial charge >= 0.3 is 0 Å². The third-order valence-corrected chi connectivity index (χ3v) is 5.52. The Balaban J connectivity index is 1.60. The molecule has 0 aliphatic carbocycles. The Kier molecular flexibility index (Phi) is 5.05. The van der Waals surface area contributed by atoms with Crippen LogP contribution in [0.4, 0.5) is 0 Å². The summed E-state index contributed by atoms with van der Waals surface area (Å²) in [6.07, 6.45) is 1.60. The summed E-state index contributed by atoms with van der Waals surface area (Å²) in [6.45, 7) is 4.86. The van der Waals surface area contributed by atoms with Gasteiger partial charge in [-0.3, -0.25) is 0 Å². The Morgan fingerprint density at radius 1 is 1.28 bits per heavy atom. The Morgan fingerprint density at radius 3 is 2.68 bits per heavy atom. The Bertz CT molecular complexity index is 847. The summed E-state index contributed by atoms with van der Waals surface area (Å²) in [6, 6.07) is 9.42. The number of rotatable bonds is 6. The second-order valence-corrected chi connectivity index (χ2v) is 8.03. The van der Waals surface area contributed by atoms with Gasteiger partial charge in [-0.1, -0.05) is 18.2 Å². The maximum atomic E-state index is 12.0. The van der Waals surface area contributed by atoms with Gasteiger partial charge in [0.25, 0.3) is 10.2 Å². The molecule has 1 saturated heterocycles. The number of hydrogen-bond acceptors (Lipinski definition) is 5. The molecule has 0 radical (unpaired) electrons. The SMILES string of the molecule is Cc1ccc(C)c(Oc2ccc(CNS(=O)(=O)N3CC(N)C3)cn2)c1. The average Bonchev–Trinajstić information content (AvgIpc) is 2.55. The van der Waals surface area contributed by atoms with Gasteiger partial charge in [0.05, 0.1) is 0 Å². The van der Waals surface area contributed by atoms with E-state index in [2.05, 4.69) is 9.71 Å². The van der Waals surface area contributed by atoms with E-state index in [0.29, 0.717) is 19.0 Å². The van der Waals surface area contributed by atoms with Crippen molar-refractivity contribution in [3.05, 3.63) is 53.2 Å². The molecular weight excluding hydrogens is 340 g/mol. The summed E-state index contributed by atoms with van der Waals surface area (Å²) in [5, 5.41) is 0. The van der Waals surface area contributed by atoms with Crippen LogP contribution >= 0.6 is 0 Å². The van der Waals surface area contributed by atoms with Gasteiger partial charge in [0, 0.05) is 37.9 Å². The van der Waals surface area contributed by atoms with Gasteiger partial charge in [0.1, 0.15) is 5.75 Å². The molecule has 0 saturated carbocycles. The molecule has 25 heavy (non-hydrogen) atoms. The maximum Gasteiger partial charge on any atom is 0.279 e. The minimum atomic E-state index is -3.48. The van der Waals surface area contributed by atoms with E-state index in [0.717, 1.165) is 22.4 Å². The number of benzene rings is 1. The fourth-order valence-electron chi connectivity index (χ4n) is 2.44. The monoisotopic (exact) mass is 362 g/mol. The summed E-state index contributed by atoms with van der Waals surface area (Å²) < 4.78 is 33.7. The van der Waals surface area contributed by atoms with E-state index in [1.165, 1.54) is 4.31 Å². The molecule has 1 aromatic heterocycles. The number of aryl methyl sites for hydroxylation is 2. The number of hydrogen-bond donors (Lipinski definition) is 2. The normalized spacial score (nSPS) is 15.8. The fourth-order valence-corrected chi connectivity index (χ4v) is 3.74. The first kappa shape index (κ1) is 17.8. The van der Waals surface area contributed by atoms with E-state index >= 15 is 0 Å². The first-order valence-electron chi connectivity index (χ1n) is 8.04. The number of pyridine rings is 1. The molecule has 0 amide bonds. The molecule has 2 aromatic rings. The molecule has 1 fully saturated rings. The van der Waals surface area contributed by atoms with E-state index < -0.39 is 10.2 Å². The minimum Gasteiger partial charge on any atom is -0.439 e. The number of aromatic nitrogens is 1. The minimum absolute atomic E-state index is 0.0697. The van der Waals surface area contributed by atoms with Crippen molar-refractivity contribution >= 4 is 10.2 Å². The summed E-state index contributed by atoms with van der Waals surface area (Å²) in [7, 11) is -3.48. The molecule has 2 heterocycles. The number of nitrogens with zero attached hydrogens (tertiary/aromatic N) is 2. The molecular formula is C17H22N4O3S. The van der Waals surface area contributed by atoms with Crippen LogP contribution in [-0.4, -0.2) is 36.8 Å². The lowest BCUT2D eigenvalue weighted by Crippen LogP contribution is -2.60. The summed E-state index contributed by atoms with van der Waals surface area (Å²) in [5.41, 5.74) is 8.50. The van der Waals surface area contributed by atoms with Gasteiger partial charge in [-0.2, -0.15) is 17.4 Å². The molecule has 134 valence electrons. The highest BCUT2D eigenvalue weighted by molar-refractivity contribution is 7.87. The highest BCUT2D eigenvalue weighted by Crippen LogP contribution is 2.24. The molecule has 8 heteroatoms. The number of ether oxygens (including phenoxy) is 1. The number of nitrogens with two attached hydrogens (primary N) is 1. The van der Waals surface area contributed by atoms with Crippen LogP contribution in [0.1, 0.15) is 16.7 Å². The second-order valence-electron chi connectivity index (χ2n) is 6.28. The lowest BCUT2D eigenvalue weighted by molar-refractivity contribution is 0.262. The van der Waals surface area contributed by atoms with Gasteiger partial charge in [0.15, 0.2) is 0 Å². The van der Waals surface area contributed by atoms with Crippen LogP contribution < -0.4 is 15.2 Å². The Hall–Kier alpha value is -2.00. The van der Waals surface area contributed by atoms with Crippen molar-refractivity contribution in [3.8, 4) is 11.6 Å². The van der Waals surface area contributed by atoms with Crippen molar-refractivity contribution < 1.29 is 13.2 Å². The van der Waals surface area contributed by atoms with Gasteiger partial charge < -0.3 is 10.5 Å². The van der Waals surface area contributed by atoms with Crippen LogP contribution in [0.25, 0.3) is 0 Å². The largest absolute Gasteiger partial charge is 0.439 e. The van der Waals surface area contributed by atoms with Gasteiger partial charge in [-0.05, 0) is 36.6 Å². The number of nitrogens with one attached hydrogen (secondary N) is 1. The maximum absolute atomic E-state index is 12.0. The van der Waals surface area contributed by atoms with Crippen LogP contribution in [0.2, 0.25) is 0 Å². The zero-order valence-electron chi connectivity index (χ0n) is 14.3. The van der Waals surface area contributed by atoms with Gasteiger partial charge in [-0.15, -0.1) is 0 Å². The predicted octanol–water partition coefficient (Wildman–Crippen LogP) is 1.47. The molecule has 3 N–H and O–H groups in total. The zero-order chi connectivity index (χ0) is 18.0. The third-order valence-electron chi connectivity index (χ3n) is 4.03. The lowest BCUT2D eigenvalue weighted by Gasteiger charge is -2.35. The van der Waals surface area contributed by atoms with Crippen molar-refractivity contribution in [2.24, 2.45) is 5.73 Å². The second kappa shape index (κ2) is 7.09. The van der Waals surface area contributed by atoms with Crippen LogP contribution in [0, 0.1) is 13.8 Å². The van der Waals surface area contributed by atoms with E-state index in [4.69, 9.17) is 10.5 Å². The van der Waals surface area contributed by atoms with E-state index in [9.17, 15) is 8.42 Å². The summed E-state index contributed by atoms with van der Waals surface area (Å²) in [4.78, 5) is 4.25. The van der Waals surface area contributed by atoms with Crippen LogP contribution in [0.3, 0.4) is 0 Å². The molecule has 3 rings (SSSR count). The van der Waals surface area contributed by atoms with E-state index in [1.807, 2.05) is 32.0 Å². The molecule has 1 aliphatic heterocycles. The van der Waals surface area contributed by atoms with Crippen LogP contribution in [-0.2, 0) is 16.8 Å². The first-order valence-corrected chi connectivity index (χ1v) is 9.48. The smallest absolute Gasteiger partial charge is 0.279 e. The molecule has 1 aromatic carbocycles. The van der Waals surface area contributed by atoms with Crippen molar-refractivity contribution in [1.82, 2.24) is 14.0 Å². The third kappa shape index (κ3) is 4.35. The predicted molar refractivity (Wildman–Crippen MR) is 95.5 cm³/mol. The van der Waals surface area contributed by atoms with Gasteiger partial charge in [0.2, 0.25) is 5.88 Å². The van der Waals surface area contributed by atoms with Crippen LogP contribution in [0.5, 0.6) is 11.6 Å². The van der Waals surface area contributed by atoms with E-state index in [-0.39, 0.29) is 12.6 Å². The van der Waals surface area contributed by atoms with Gasteiger partial charge in [-0.25, -0.2) is 4.98 Å². The van der Waals surface area contributed by atoms with Crippen molar-refractivity contribution in [1.29, 1.82) is 0 Å². The molecule has 0 bridgehead atoms. The molecule has 0 spiro atoms. The Labute approximate surface area is 148 Å². The van der Waals surface area contributed by atoms with E-state index in [1.54, 1.807) is 18.3 Å². The Morgan fingerprint density at radius 2 is 2.04 bits per heavy atom. The fraction of sp³-hybridized carbons (Fsp3) is 0.353. The highest BCUT2D eigenvalue weighted by atomic mass is 32.2. The standard InChI is InChI=1S/C17H22N4O3S/c1-12-3-4-13(2)16(7-12)24-17-6-5-14(8-19-17)9-20-25(22,23)21-10-15(18)11-21/h3-8,15,20H,9-11,18H2,1-2H3.